The van der Waals surface area contributed by atoms with Crippen LogP contribution in [0, 0.1) is 13.8 Å². The minimum Gasteiger partial charge on any atom is -0.475 e. The normalized spacial score (nSPS) is 10.3. The first-order chi connectivity index (χ1) is 8.56. The third-order valence-corrected chi connectivity index (χ3v) is 2.71. The molecule has 1 aromatic carbocycles. The Hall–Kier alpha value is -2.23. The Kier molecular flexibility index (Phi) is 3.37. The number of benzene rings is 1. The van der Waals surface area contributed by atoms with Crippen molar-refractivity contribution in [1.82, 2.24) is 0 Å². The van der Waals surface area contributed by atoms with Crippen LogP contribution in [0.2, 0.25) is 0 Å². The van der Waals surface area contributed by atoms with E-state index in [1.807, 2.05) is 26.0 Å². The van der Waals surface area contributed by atoms with Crippen molar-refractivity contribution < 1.29 is 14.3 Å². The van der Waals surface area contributed by atoms with Crippen molar-refractivity contribution in [3.8, 4) is 0 Å². The molecule has 94 valence electrons. The number of aryl methyl sites for hydroxylation is 2. The summed E-state index contributed by atoms with van der Waals surface area (Å²) in [5.41, 5.74) is 3.39. The molecular formula is C14H15NO3. The van der Waals surface area contributed by atoms with Crippen LogP contribution in [0.1, 0.15) is 27.4 Å². The average molecular weight is 245 g/mol. The van der Waals surface area contributed by atoms with Gasteiger partial charge < -0.3 is 14.8 Å². The Bertz CT molecular complexity index is 572. The highest BCUT2D eigenvalue weighted by Crippen LogP contribution is 2.17. The molecule has 0 atom stereocenters. The van der Waals surface area contributed by atoms with E-state index in [-0.39, 0.29) is 5.76 Å². The quantitative estimate of drug-likeness (QED) is 0.868. The number of carboxylic acids is 1. The molecule has 4 nitrogen and oxygen atoms in total. The average Bonchev–Trinajstić information content (AvgIpc) is 2.76. The lowest BCUT2D eigenvalue weighted by atomic mass is 10.1. The third-order valence-electron chi connectivity index (χ3n) is 2.71. The van der Waals surface area contributed by atoms with Crippen molar-refractivity contribution in [3.63, 3.8) is 0 Å². The highest BCUT2D eigenvalue weighted by Gasteiger charge is 2.08. The summed E-state index contributed by atoms with van der Waals surface area (Å²) in [6.07, 6.45) is 0. The SMILES string of the molecule is Cc1ccc(NCc2ccc(C(=O)O)o2)c(C)c1. The molecule has 0 bridgehead atoms. The van der Waals surface area contributed by atoms with Gasteiger partial charge in [0, 0.05) is 5.69 Å². The van der Waals surface area contributed by atoms with E-state index in [1.54, 1.807) is 6.07 Å². The van der Waals surface area contributed by atoms with Gasteiger partial charge in [0.2, 0.25) is 5.76 Å². The highest BCUT2D eigenvalue weighted by molar-refractivity contribution is 5.84. The molecule has 0 aliphatic carbocycles. The third kappa shape index (κ3) is 2.71. The van der Waals surface area contributed by atoms with Crippen LogP contribution in [-0.4, -0.2) is 11.1 Å². The summed E-state index contributed by atoms with van der Waals surface area (Å²) in [6, 6.07) is 9.25. The zero-order valence-electron chi connectivity index (χ0n) is 10.4. The summed E-state index contributed by atoms with van der Waals surface area (Å²) in [6.45, 7) is 4.54. The topological polar surface area (TPSA) is 62.5 Å². The standard InChI is InChI=1S/C14H15NO3/c1-9-3-5-12(10(2)7-9)15-8-11-4-6-13(18-11)14(16)17/h3-7,15H,8H2,1-2H3,(H,16,17). The van der Waals surface area contributed by atoms with Crippen LogP contribution in [0.5, 0.6) is 0 Å². The fourth-order valence-electron chi connectivity index (χ4n) is 1.78. The predicted molar refractivity (Wildman–Crippen MR) is 68.9 cm³/mol. The zero-order valence-corrected chi connectivity index (χ0v) is 10.4. The van der Waals surface area contributed by atoms with E-state index >= 15 is 0 Å². The maximum absolute atomic E-state index is 10.7. The fraction of sp³-hybridized carbons (Fsp3) is 0.214. The lowest BCUT2D eigenvalue weighted by Gasteiger charge is -2.08. The number of hydrogen-bond donors (Lipinski definition) is 2. The smallest absolute Gasteiger partial charge is 0.371 e. The summed E-state index contributed by atoms with van der Waals surface area (Å²) >= 11 is 0. The van der Waals surface area contributed by atoms with Crippen molar-refractivity contribution in [2.75, 3.05) is 5.32 Å². The second kappa shape index (κ2) is 4.96. The van der Waals surface area contributed by atoms with Crippen LogP contribution >= 0.6 is 0 Å². The number of carboxylic acid groups (broad SMARTS) is 1. The Balaban J connectivity index is 2.04. The molecule has 0 amide bonds. The maximum atomic E-state index is 10.7. The summed E-state index contributed by atoms with van der Waals surface area (Å²) in [7, 11) is 0. The van der Waals surface area contributed by atoms with E-state index in [0.717, 1.165) is 11.3 Å². The molecule has 2 aromatic rings. The van der Waals surface area contributed by atoms with Gasteiger partial charge in [-0.2, -0.15) is 0 Å². The molecule has 0 radical (unpaired) electrons. The Morgan fingerprint density at radius 3 is 2.67 bits per heavy atom. The van der Waals surface area contributed by atoms with Gasteiger partial charge in [-0.1, -0.05) is 17.7 Å². The predicted octanol–water partition coefficient (Wildman–Crippen LogP) is 3.21. The van der Waals surface area contributed by atoms with E-state index in [4.69, 9.17) is 9.52 Å². The van der Waals surface area contributed by atoms with Crippen molar-refractivity contribution in [2.24, 2.45) is 0 Å². The monoisotopic (exact) mass is 245 g/mol. The molecule has 0 unspecified atom stereocenters. The van der Waals surface area contributed by atoms with Crippen LogP contribution in [0.3, 0.4) is 0 Å². The second-order valence-corrected chi connectivity index (χ2v) is 4.24. The minimum atomic E-state index is -1.05. The highest BCUT2D eigenvalue weighted by atomic mass is 16.4. The lowest BCUT2D eigenvalue weighted by molar-refractivity contribution is 0.0660. The van der Waals surface area contributed by atoms with Gasteiger partial charge in [0.15, 0.2) is 0 Å². The van der Waals surface area contributed by atoms with Gasteiger partial charge in [0.1, 0.15) is 5.76 Å². The largest absolute Gasteiger partial charge is 0.475 e. The molecule has 1 heterocycles. The van der Waals surface area contributed by atoms with Gasteiger partial charge in [0.25, 0.3) is 0 Å². The number of rotatable bonds is 4. The van der Waals surface area contributed by atoms with E-state index < -0.39 is 5.97 Å². The van der Waals surface area contributed by atoms with Crippen LogP contribution in [0.25, 0.3) is 0 Å². The summed E-state index contributed by atoms with van der Waals surface area (Å²) < 4.78 is 5.17. The first-order valence-corrected chi connectivity index (χ1v) is 5.69. The Morgan fingerprint density at radius 2 is 2.06 bits per heavy atom. The molecule has 4 heteroatoms. The van der Waals surface area contributed by atoms with Crippen LogP contribution < -0.4 is 5.32 Å². The lowest BCUT2D eigenvalue weighted by Crippen LogP contribution is -2.00. The van der Waals surface area contributed by atoms with Gasteiger partial charge in [-0.15, -0.1) is 0 Å². The van der Waals surface area contributed by atoms with Crippen molar-refractivity contribution in [3.05, 3.63) is 53.0 Å². The number of furan rings is 1. The molecule has 0 saturated heterocycles. The van der Waals surface area contributed by atoms with Crippen molar-refractivity contribution >= 4 is 11.7 Å². The molecule has 0 fully saturated rings. The number of anilines is 1. The zero-order chi connectivity index (χ0) is 13.1. The molecule has 18 heavy (non-hydrogen) atoms. The van der Waals surface area contributed by atoms with E-state index in [2.05, 4.69) is 11.4 Å². The summed E-state index contributed by atoms with van der Waals surface area (Å²) in [5.74, 6) is -0.479. The minimum absolute atomic E-state index is 0.0348. The number of aromatic carboxylic acids is 1. The van der Waals surface area contributed by atoms with E-state index in [1.165, 1.54) is 11.6 Å². The fourth-order valence-corrected chi connectivity index (χ4v) is 1.78. The van der Waals surface area contributed by atoms with Gasteiger partial charge in [-0.05, 0) is 37.6 Å². The molecule has 2 N–H and O–H groups in total. The van der Waals surface area contributed by atoms with Crippen LogP contribution in [0.15, 0.2) is 34.7 Å². The van der Waals surface area contributed by atoms with Gasteiger partial charge in [-0.25, -0.2) is 4.79 Å². The molecule has 1 aromatic heterocycles. The van der Waals surface area contributed by atoms with Gasteiger partial charge >= 0.3 is 5.97 Å². The molecule has 2 rings (SSSR count). The molecule has 0 aliphatic heterocycles. The first-order valence-electron chi connectivity index (χ1n) is 5.69. The summed E-state index contributed by atoms with van der Waals surface area (Å²) in [4.78, 5) is 10.7. The Morgan fingerprint density at radius 1 is 1.28 bits per heavy atom. The van der Waals surface area contributed by atoms with Crippen LogP contribution in [0.4, 0.5) is 5.69 Å². The molecule has 0 saturated carbocycles. The van der Waals surface area contributed by atoms with Crippen molar-refractivity contribution in [2.45, 2.75) is 20.4 Å². The number of hydrogen-bond acceptors (Lipinski definition) is 3. The molecule has 0 spiro atoms. The first kappa shape index (κ1) is 12.2. The molecule has 0 aliphatic rings. The van der Waals surface area contributed by atoms with Crippen LogP contribution in [-0.2, 0) is 6.54 Å². The Labute approximate surface area is 105 Å². The van der Waals surface area contributed by atoms with Gasteiger partial charge in [-0.3, -0.25) is 0 Å². The van der Waals surface area contributed by atoms with Gasteiger partial charge in [0.05, 0.1) is 6.54 Å². The summed E-state index contributed by atoms with van der Waals surface area (Å²) in [5, 5.41) is 12.0. The van der Waals surface area contributed by atoms with Crippen molar-refractivity contribution in [1.29, 1.82) is 0 Å². The molecular weight excluding hydrogens is 230 g/mol. The number of carbonyl (C=O) groups is 1. The second-order valence-electron chi connectivity index (χ2n) is 4.24. The number of nitrogens with one attached hydrogen (secondary N) is 1. The van der Waals surface area contributed by atoms with E-state index in [0.29, 0.717) is 12.3 Å². The van der Waals surface area contributed by atoms with E-state index in [9.17, 15) is 4.79 Å². The maximum Gasteiger partial charge on any atom is 0.371 e.